The number of aliphatic hydroxyl groups excluding tert-OH is 1. The van der Waals surface area contributed by atoms with Crippen molar-refractivity contribution in [2.45, 2.75) is 419 Å². The van der Waals surface area contributed by atoms with Crippen LogP contribution in [-0.2, 0) is 65.4 Å². The molecule has 2 unspecified atom stereocenters. The van der Waals surface area contributed by atoms with E-state index < -0.39 is 97.5 Å². The Morgan fingerprint density at radius 1 is 0.281 bits per heavy atom. The van der Waals surface area contributed by atoms with Gasteiger partial charge in [-0.15, -0.1) is 0 Å². The van der Waals surface area contributed by atoms with Gasteiger partial charge in [-0.1, -0.05) is 350 Å². The molecule has 0 radical (unpaired) electrons. The second-order valence-electron chi connectivity index (χ2n) is 28.7. The summed E-state index contributed by atoms with van der Waals surface area (Å²) in [6.45, 7) is 9.62. The molecule has 5 atom stereocenters. The molecule has 0 saturated heterocycles. The molecule has 0 heterocycles. The van der Waals surface area contributed by atoms with E-state index in [0.717, 1.165) is 108 Å². The van der Waals surface area contributed by atoms with E-state index in [4.69, 9.17) is 37.0 Å². The molecule has 3 N–H and O–H groups in total. The highest BCUT2D eigenvalue weighted by Crippen LogP contribution is 2.45. The fraction of sp³-hybridized carbons (Fsp3) is 0.948. The summed E-state index contributed by atoms with van der Waals surface area (Å²) in [7, 11) is -9.90. The summed E-state index contributed by atoms with van der Waals surface area (Å²) in [5.74, 6) is -0.492. The second-order valence-corrected chi connectivity index (χ2v) is 31.6. The minimum Gasteiger partial charge on any atom is -0.462 e. The third-order valence-electron chi connectivity index (χ3n) is 18.0. The zero-order valence-electron chi connectivity index (χ0n) is 62.7. The number of esters is 4. The minimum absolute atomic E-state index is 0.106. The van der Waals surface area contributed by atoms with Crippen LogP contribution in [0.3, 0.4) is 0 Å². The highest BCUT2D eigenvalue weighted by molar-refractivity contribution is 7.47. The van der Waals surface area contributed by atoms with E-state index in [2.05, 4.69) is 41.5 Å². The highest BCUT2D eigenvalue weighted by Gasteiger charge is 2.30. The lowest BCUT2D eigenvalue weighted by Gasteiger charge is -2.21. The van der Waals surface area contributed by atoms with Crippen molar-refractivity contribution < 1.29 is 80.2 Å². The predicted octanol–water partition coefficient (Wildman–Crippen LogP) is 22.7. The van der Waals surface area contributed by atoms with E-state index in [0.29, 0.717) is 25.7 Å². The average molecular weight is 1410 g/mol. The van der Waals surface area contributed by atoms with Crippen LogP contribution in [-0.4, -0.2) is 96.7 Å². The number of hydrogen-bond acceptors (Lipinski definition) is 15. The molecule has 0 amide bonds. The van der Waals surface area contributed by atoms with Gasteiger partial charge in [-0.3, -0.25) is 37.3 Å². The molecule has 0 aliphatic rings. The second kappa shape index (κ2) is 68.8. The molecule has 0 aromatic carbocycles. The van der Waals surface area contributed by atoms with Crippen LogP contribution in [0.4, 0.5) is 0 Å². The lowest BCUT2D eigenvalue weighted by Crippen LogP contribution is -2.30. The average Bonchev–Trinajstić information content (AvgIpc) is 1.17. The van der Waals surface area contributed by atoms with Crippen molar-refractivity contribution >= 4 is 39.5 Å². The zero-order chi connectivity index (χ0) is 70.7. The van der Waals surface area contributed by atoms with Crippen LogP contribution >= 0.6 is 15.6 Å². The topological polar surface area (TPSA) is 237 Å². The quantitative estimate of drug-likeness (QED) is 0.0222. The number of unbranched alkanes of at least 4 members (excludes halogenated alkanes) is 46. The number of ether oxygens (including phenoxy) is 4. The van der Waals surface area contributed by atoms with Gasteiger partial charge >= 0.3 is 39.5 Å². The number of carbonyl (C=O) groups is 4. The van der Waals surface area contributed by atoms with E-state index in [1.54, 1.807) is 0 Å². The van der Waals surface area contributed by atoms with Crippen LogP contribution in [0, 0.1) is 11.8 Å². The Labute approximate surface area is 588 Å². The Bertz CT molecular complexity index is 1860. The predicted molar refractivity (Wildman–Crippen MR) is 391 cm³/mol. The van der Waals surface area contributed by atoms with Crippen LogP contribution in [0.15, 0.2) is 0 Å². The van der Waals surface area contributed by atoms with E-state index in [-0.39, 0.29) is 25.7 Å². The van der Waals surface area contributed by atoms with E-state index in [1.807, 2.05) is 0 Å². The molecule has 570 valence electrons. The van der Waals surface area contributed by atoms with E-state index in [9.17, 15) is 43.2 Å². The summed E-state index contributed by atoms with van der Waals surface area (Å²) in [5, 5.41) is 10.6. The first kappa shape index (κ1) is 94.1. The van der Waals surface area contributed by atoms with Crippen molar-refractivity contribution in [2.24, 2.45) is 11.8 Å². The maximum Gasteiger partial charge on any atom is 0.472 e. The Kier molecular flexibility index (Phi) is 67.4. The number of rotatable bonds is 76. The Morgan fingerprint density at radius 3 is 0.708 bits per heavy atom. The van der Waals surface area contributed by atoms with Gasteiger partial charge in [0.25, 0.3) is 0 Å². The summed E-state index contributed by atoms with van der Waals surface area (Å²) in [6.07, 6.45) is 57.1. The van der Waals surface area contributed by atoms with Gasteiger partial charge in [0.2, 0.25) is 0 Å². The Morgan fingerprint density at radius 2 is 0.479 bits per heavy atom. The molecule has 0 spiro atoms. The van der Waals surface area contributed by atoms with Crippen LogP contribution in [0.1, 0.15) is 401 Å². The van der Waals surface area contributed by atoms with Crippen LogP contribution in [0.25, 0.3) is 0 Å². The van der Waals surface area contributed by atoms with Crippen molar-refractivity contribution in [3.05, 3.63) is 0 Å². The lowest BCUT2D eigenvalue weighted by atomic mass is 10.0. The van der Waals surface area contributed by atoms with Crippen LogP contribution in [0.2, 0.25) is 0 Å². The minimum atomic E-state index is -4.96. The monoisotopic (exact) mass is 1410 g/mol. The SMILES string of the molecule is CCCCCCCCCCCC(=O)O[C@H](COC(=O)CCCCCCCCCC)COP(=O)(O)OC[C@H](O)COP(=O)(O)OC[C@@H](COC(=O)CCCCCCCCCCCCCCCCCC(C)C)OC(=O)CCCCCCCCCCCCCCCCCCCCC(C)C. The molecule has 0 saturated carbocycles. The fourth-order valence-electron chi connectivity index (χ4n) is 11.8. The zero-order valence-corrected chi connectivity index (χ0v) is 64.5. The first-order valence-electron chi connectivity index (χ1n) is 40.0. The molecular formula is C77H150O17P2. The summed E-state index contributed by atoms with van der Waals surface area (Å²) >= 11 is 0. The fourth-order valence-corrected chi connectivity index (χ4v) is 13.4. The molecule has 0 rings (SSSR count). The number of aliphatic hydroxyl groups is 1. The molecular weight excluding hydrogens is 1260 g/mol. The van der Waals surface area contributed by atoms with Crippen LogP contribution in [0.5, 0.6) is 0 Å². The number of phosphoric acid groups is 2. The summed E-state index contributed by atoms with van der Waals surface area (Å²) in [6, 6.07) is 0. The molecule has 0 aliphatic heterocycles. The lowest BCUT2D eigenvalue weighted by molar-refractivity contribution is -0.161. The Balaban J connectivity index is 5.15. The molecule has 0 fully saturated rings. The molecule has 0 aromatic rings. The van der Waals surface area contributed by atoms with Crippen LogP contribution < -0.4 is 0 Å². The van der Waals surface area contributed by atoms with Gasteiger partial charge in [-0.05, 0) is 37.5 Å². The van der Waals surface area contributed by atoms with Gasteiger partial charge in [-0.25, -0.2) is 9.13 Å². The third-order valence-corrected chi connectivity index (χ3v) is 19.9. The van der Waals surface area contributed by atoms with Crippen molar-refractivity contribution in [3.8, 4) is 0 Å². The number of phosphoric ester groups is 2. The molecule has 19 heteroatoms. The largest absolute Gasteiger partial charge is 0.472 e. The molecule has 17 nitrogen and oxygen atoms in total. The van der Waals surface area contributed by atoms with E-state index >= 15 is 0 Å². The first-order valence-corrected chi connectivity index (χ1v) is 43.0. The standard InChI is InChI=1S/C77H150O17P2/c1-7-9-11-13-15-34-43-49-55-61-76(81)93-72(65-87-74(79)59-53-47-41-16-14-12-10-8-2)67-91-95(83,84)89-63-71(78)64-90-96(85,86)92-68-73(66-88-75(80)60-54-48-42-37-32-28-25-21-23-27-31-36-40-46-52-58-70(5)6)94-77(82)62-56-50-44-38-33-29-24-20-18-17-19-22-26-30-35-39-45-51-57-69(3)4/h69-73,78H,7-68H2,1-6H3,(H,83,84)(H,85,86)/t71-,72+,73+/m0/s1. The van der Waals surface area contributed by atoms with Crippen molar-refractivity contribution in [3.63, 3.8) is 0 Å². The third kappa shape index (κ3) is 70.5. The van der Waals surface area contributed by atoms with Gasteiger partial charge in [0.1, 0.15) is 19.3 Å². The van der Waals surface area contributed by atoms with E-state index in [1.165, 1.54) is 212 Å². The van der Waals surface area contributed by atoms with Gasteiger partial charge in [0.05, 0.1) is 26.4 Å². The van der Waals surface area contributed by atoms with Crippen molar-refractivity contribution in [2.75, 3.05) is 39.6 Å². The smallest absolute Gasteiger partial charge is 0.462 e. The molecule has 0 aromatic heterocycles. The Hall–Kier alpha value is -1.94. The number of hydrogen-bond donors (Lipinski definition) is 3. The molecule has 0 bridgehead atoms. The summed E-state index contributed by atoms with van der Waals surface area (Å²) < 4.78 is 68.4. The van der Waals surface area contributed by atoms with Crippen molar-refractivity contribution in [1.29, 1.82) is 0 Å². The van der Waals surface area contributed by atoms with Gasteiger partial charge in [0.15, 0.2) is 12.2 Å². The van der Waals surface area contributed by atoms with Gasteiger partial charge in [0, 0.05) is 25.7 Å². The maximum absolute atomic E-state index is 13.1. The molecule has 0 aliphatic carbocycles. The summed E-state index contributed by atoms with van der Waals surface area (Å²) in [4.78, 5) is 72.6. The number of carbonyl (C=O) groups excluding carboxylic acids is 4. The first-order chi connectivity index (χ1) is 46.4. The molecule has 96 heavy (non-hydrogen) atoms. The summed E-state index contributed by atoms with van der Waals surface area (Å²) in [5.41, 5.74) is 0. The highest BCUT2D eigenvalue weighted by atomic mass is 31.2. The van der Waals surface area contributed by atoms with Gasteiger partial charge in [-0.2, -0.15) is 0 Å². The normalized spacial score (nSPS) is 14.0. The maximum atomic E-state index is 13.1. The van der Waals surface area contributed by atoms with Crippen molar-refractivity contribution in [1.82, 2.24) is 0 Å². The van der Waals surface area contributed by atoms with Gasteiger partial charge < -0.3 is 33.8 Å².